The summed E-state index contributed by atoms with van der Waals surface area (Å²) in [7, 11) is 0. The minimum absolute atomic E-state index is 0.257. The zero-order valence-corrected chi connectivity index (χ0v) is 11.4. The van der Waals surface area contributed by atoms with Crippen molar-refractivity contribution < 1.29 is 8.78 Å². The highest BCUT2D eigenvalue weighted by Gasteiger charge is 2.20. The molecule has 0 aliphatic heterocycles. The molecule has 0 aliphatic carbocycles. The third-order valence-corrected chi connectivity index (χ3v) is 3.34. The second-order valence-electron chi connectivity index (χ2n) is 4.54. The number of benzene rings is 2. The van der Waals surface area contributed by atoms with Crippen LogP contribution >= 0.6 is 0 Å². The van der Waals surface area contributed by atoms with E-state index in [1.165, 1.54) is 18.2 Å². The van der Waals surface area contributed by atoms with Crippen LogP contribution in [-0.4, -0.2) is 13.1 Å². The molecule has 0 heterocycles. The lowest BCUT2D eigenvalue weighted by Gasteiger charge is -2.32. The molecule has 0 aliphatic rings. The van der Waals surface area contributed by atoms with Gasteiger partial charge in [-0.1, -0.05) is 24.3 Å². The summed E-state index contributed by atoms with van der Waals surface area (Å²) < 4.78 is 27.3. The summed E-state index contributed by atoms with van der Waals surface area (Å²) in [4.78, 5) is 1.85. The second kappa shape index (κ2) is 6.48. The quantitative estimate of drug-likeness (QED) is 0.905. The second-order valence-corrected chi connectivity index (χ2v) is 4.54. The number of hydrogen-bond acceptors (Lipinski definition) is 2. The zero-order chi connectivity index (χ0) is 14.5. The molecule has 4 heteroatoms. The lowest BCUT2D eigenvalue weighted by Crippen LogP contribution is -2.34. The number of anilines is 1. The lowest BCUT2D eigenvalue weighted by molar-refractivity contribution is 0.582. The van der Waals surface area contributed by atoms with Gasteiger partial charge in [-0.05, 0) is 36.8 Å². The first-order chi connectivity index (χ1) is 9.67. The lowest BCUT2D eigenvalue weighted by atomic mass is 10.0. The molecule has 1 atom stereocenters. The monoisotopic (exact) mass is 276 g/mol. The van der Waals surface area contributed by atoms with E-state index in [1.54, 1.807) is 24.3 Å². The van der Waals surface area contributed by atoms with Gasteiger partial charge in [0, 0.05) is 13.1 Å². The maximum atomic E-state index is 14.0. The van der Waals surface area contributed by atoms with Gasteiger partial charge in [0.25, 0.3) is 0 Å². The van der Waals surface area contributed by atoms with E-state index in [-0.39, 0.29) is 24.2 Å². The summed E-state index contributed by atoms with van der Waals surface area (Å²) in [5.41, 5.74) is 7.06. The number of para-hydroxylation sites is 1. The molecule has 2 aromatic carbocycles. The van der Waals surface area contributed by atoms with Crippen LogP contribution in [0.4, 0.5) is 14.5 Å². The van der Waals surface area contributed by atoms with E-state index in [1.807, 2.05) is 17.9 Å². The minimum Gasteiger partial charge on any atom is -0.361 e. The van der Waals surface area contributed by atoms with E-state index in [0.717, 1.165) is 5.56 Å². The normalized spacial score (nSPS) is 12.2. The Labute approximate surface area is 117 Å². The number of hydrogen-bond donors (Lipinski definition) is 1. The summed E-state index contributed by atoms with van der Waals surface area (Å²) in [6.07, 6.45) is 0. The van der Waals surface area contributed by atoms with E-state index >= 15 is 0 Å². The van der Waals surface area contributed by atoms with Gasteiger partial charge in [-0.3, -0.25) is 0 Å². The van der Waals surface area contributed by atoms with Crippen LogP contribution in [-0.2, 0) is 0 Å². The number of halogens is 2. The predicted molar refractivity (Wildman–Crippen MR) is 77.6 cm³/mol. The van der Waals surface area contributed by atoms with Crippen LogP contribution in [0.3, 0.4) is 0 Å². The molecule has 1 unspecified atom stereocenters. The molecule has 2 rings (SSSR count). The molecule has 0 amide bonds. The highest BCUT2D eigenvalue weighted by atomic mass is 19.1. The molecule has 0 aromatic heterocycles. The molecule has 2 N–H and O–H groups in total. The first-order valence-electron chi connectivity index (χ1n) is 6.64. The molecular formula is C16H18F2N2. The molecule has 106 valence electrons. The Morgan fingerprint density at radius 2 is 1.85 bits per heavy atom. The van der Waals surface area contributed by atoms with Crippen LogP contribution in [0.1, 0.15) is 18.5 Å². The Bertz CT molecular complexity index is 572. The highest BCUT2D eigenvalue weighted by Crippen LogP contribution is 2.28. The third-order valence-electron chi connectivity index (χ3n) is 3.34. The van der Waals surface area contributed by atoms with Crippen molar-refractivity contribution in [1.82, 2.24) is 0 Å². The third kappa shape index (κ3) is 2.96. The van der Waals surface area contributed by atoms with Gasteiger partial charge in [0.2, 0.25) is 0 Å². The Kier molecular flexibility index (Phi) is 4.69. The van der Waals surface area contributed by atoms with Crippen molar-refractivity contribution in [3.63, 3.8) is 0 Å². The summed E-state index contributed by atoms with van der Waals surface area (Å²) in [5, 5.41) is 0. The highest BCUT2D eigenvalue weighted by molar-refractivity contribution is 5.50. The fourth-order valence-corrected chi connectivity index (χ4v) is 2.40. The molecule has 0 saturated heterocycles. The number of nitrogens with two attached hydrogens (primary N) is 1. The standard InChI is InChI=1S/C16H18F2N2/c1-2-20(15-9-4-3-8-14(15)18)16(11-19)12-6-5-7-13(17)10-12/h3-10,16H,2,11,19H2,1H3. The maximum Gasteiger partial charge on any atom is 0.146 e. The predicted octanol–water partition coefficient (Wildman–Crippen LogP) is 3.49. The topological polar surface area (TPSA) is 29.3 Å². The van der Waals surface area contributed by atoms with Crippen molar-refractivity contribution in [2.75, 3.05) is 18.0 Å². The average molecular weight is 276 g/mol. The molecule has 20 heavy (non-hydrogen) atoms. The van der Waals surface area contributed by atoms with E-state index in [2.05, 4.69) is 0 Å². The van der Waals surface area contributed by atoms with Gasteiger partial charge in [0.1, 0.15) is 11.6 Å². The largest absolute Gasteiger partial charge is 0.361 e. The molecule has 2 aromatic rings. The van der Waals surface area contributed by atoms with Crippen LogP contribution < -0.4 is 10.6 Å². The van der Waals surface area contributed by atoms with Gasteiger partial charge >= 0.3 is 0 Å². The first kappa shape index (κ1) is 14.5. The molecule has 0 bridgehead atoms. The van der Waals surface area contributed by atoms with Crippen molar-refractivity contribution in [3.05, 3.63) is 65.7 Å². The minimum atomic E-state index is -0.314. The van der Waals surface area contributed by atoms with Gasteiger partial charge in [0.05, 0.1) is 11.7 Å². The number of rotatable bonds is 5. The zero-order valence-electron chi connectivity index (χ0n) is 11.4. The number of nitrogens with zero attached hydrogens (tertiary/aromatic N) is 1. The van der Waals surface area contributed by atoms with Crippen LogP contribution in [0.2, 0.25) is 0 Å². The van der Waals surface area contributed by atoms with Crippen molar-refractivity contribution in [2.45, 2.75) is 13.0 Å². The Hall–Kier alpha value is -1.94. The molecule has 0 fully saturated rings. The first-order valence-corrected chi connectivity index (χ1v) is 6.64. The smallest absolute Gasteiger partial charge is 0.146 e. The maximum absolute atomic E-state index is 14.0. The van der Waals surface area contributed by atoms with E-state index in [4.69, 9.17) is 5.73 Å². The summed E-state index contributed by atoms with van der Waals surface area (Å²) in [6, 6.07) is 12.6. The summed E-state index contributed by atoms with van der Waals surface area (Å²) in [6.45, 7) is 2.79. The van der Waals surface area contributed by atoms with E-state index < -0.39 is 0 Å². The molecule has 2 nitrogen and oxygen atoms in total. The Morgan fingerprint density at radius 1 is 1.10 bits per heavy atom. The van der Waals surface area contributed by atoms with Crippen molar-refractivity contribution in [1.29, 1.82) is 0 Å². The Balaban J connectivity index is 2.40. The molecule has 0 radical (unpaired) electrons. The molecule has 0 saturated carbocycles. The van der Waals surface area contributed by atoms with Crippen LogP contribution in [0, 0.1) is 11.6 Å². The summed E-state index contributed by atoms with van der Waals surface area (Å²) >= 11 is 0. The van der Waals surface area contributed by atoms with Gasteiger partial charge in [-0.25, -0.2) is 8.78 Å². The van der Waals surface area contributed by atoms with Crippen molar-refractivity contribution >= 4 is 5.69 Å². The van der Waals surface area contributed by atoms with E-state index in [9.17, 15) is 8.78 Å². The van der Waals surface area contributed by atoms with Gasteiger partial charge in [0.15, 0.2) is 0 Å². The van der Waals surface area contributed by atoms with Crippen LogP contribution in [0.25, 0.3) is 0 Å². The van der Waals surface area contributed by atoms with Gasteiger partial charge < -0.3 is 10.6 Å². The summed E-state index contributed by atoms with van der Waals surface area (Å²) in [5.74, 6) is -0.616. The number of likely N-dealkylation sites (N-methyl/N-ethyl adjacent to an activating group) is 1. The Morgan fingerprint density at radius 3 is 2.45 bits per heavy atom. The van der Waals surface area contributed by atoms with Crippen molar-refractivity contribution in [3.8, 4) is 0 Å². The molecule has 0 spiro atoms. The molecular weight excluding hydrogens is 258 g/mol. The fraction of sp³-hybridized carbons (Fsp3) is 0.250. The van der Waals surface area contributed by atoms with Crippen LogP contribution in [0.15, 0.2) is 48.5 Å². The van der Waals surface area contributed by atoms with Gasteiger partial charge in [-0.2, -0.15) is 0 Å². The van der Waals surface area contributed by atoms with Crippen LogP contribution in [0.5, 0.6) is 0 Å². The average Bonchev–Trinajstić information content (AvgIpc) is 2.45. The van der Waals surface area contributed by atoms with E-state index in [0.29, 0.717) is 12.2 Å². The fourth-order valence-electron chi connectivity index (χ4n) is 2.40. The van der Waals surface area contributed by atoms with Crippen molar-refractivity contribution in [2.24, 2.45) is 5.73 Å². The van der Waals surface area contributed by atoms with Gasteiger partial charge in [-0.15, -0.1) is 0 Å². The SMILES string of the molecule is CCN(c1ccccc1F)C(CN)c1cccc(F)c1.